The van der Waals surface area contributed by atoms with Crippen molar-refractivity contribution in [3.63, 3.8) is 0 Å². The van der Waals surface area contributed by atoms with E-state index in [4.69, 9.17) is 19.9 Å². The number of aryl methyl sites for hydroxylation is 1. The minimum atomic E-state index is -0.0682. The number of ether oxygens (including phenoxy) is 3. The van der Waals surface area contributed by atoms with Crippen molar-refractivity contribution >= 4 is 0 Å². The highest BCUT2D eigenvalue weighted by atomic mass is 16.5. The molecule has 1 aliphatic rings. The van der Waals surface area contributed by atoms with Crippen LogP contribution in [0.3, 0.4) is 0 Å². The summed E-state index contributed by atoms with van der Waals surface area (Å²) in [6.45, 7) is 1.43. The maximum Gasteiger partial charge on any atom is 0.119 e. The van der Waals surface area contributed by atoms with Crippen molar-refractivity contribution in [3.05, 3.63) is 29.3 Å². The Morgan fingerprint density at radius 2 is 2.11 bits per heavy atom. The Morgan fingerprint density at radius 1 is 1.26 bits per heavy atom. The summed E-state index contributed by atoms with van der Waals surface area (Å²) in [5.41, 5.74) is 8.78. The van der Waals surface area contributed by atoms with Gasteiger partial charge in [0, 0.05) is 20.3 Å². The van der Waals surface area contributed by atoms with Gasteiger partial charge in [0.05, 0.1) is 19.3 Å². The molecule has 19 heavy (non-hydrogen) atoms. The summed E-state index contributed by atoms with van der Waals surface area (Å²) < 4.78 is 16.2. The topological polar surface area (TPSA) is 53.7 Å². The van der Waals surface area contributed by atoms with Gasteiger partial charge in [0.25, 0.3) is 0 Å². The summed E-state index contributed by atoms with van der Waals surface area (Å²) in [6.07, 6.45) is 3.00. The van der Waals surface area contributed by atoms with Gasteiger partial charge in [-0.3, -0.25) is 0 Å². The smallest absolute Gasteiger partial charge is 0.119 e. The summed E-state index contributed by atoms with van der Waals surface area (Å²) in [5.74, 6) is 0.856. The third-order valence-corrected chi connectivity index (χ3v) is 3.64. The molecule has 2 N–H and O–H groups in total. The summed E-state index contributed by atoms with van der Waals surface area (Å²) >= 11 is 0. The fourth-order valence-corrected chi connectivity index (χ4v) is 2.54. The molecule has 1 aromatic rings. The molecule has 4 nitrogen and oxygen atoms in total. The van der Waals surface area contributed by atoms with Crippen LogP contribution in [0.5, 0.6) is 5.75 Å². The van der Waals surface area contributed by atoms with Crippen LogP contribution in [0.4, 0.5) is 0 Å². The molecule has 2 atom stereocenters. The normalized spacial score (nSPS) is 22.1. The number of nitrogens with two attached hydrogens (primary N) is 1. The SMILES string of the molecule is COCCCOC1CCc2ccc(OC)cc2C1N. The molecule has 4 heteroatoms. The zero-order valence-corrected chi connectivity index (χ0v) is 11.7. The molecule has 0 fully saturated rings. The highest BCUT2D eigenvalue weighted by Crippen LogP contribution is 2.32. The largest absolute Gasteiger partial charge is 0.497 e. The van der Waals surface area contributed by atoms with Gasteiger partial charge in [-0.1, -0.05) is 6.07 Å². The molecule has 0 saturated carbocycles. The lowest BCUT2D eigenvalue weighted by Gasteiger charge is -2.31. The van der Waals surface area contributed by atoms with Crippen LogP contribution in [0.25, 0.3) is 0 Å². The van der Waals surface area contributed by atoms with E-state index in [1.165, 1.54) is 5.56 Å². The molecular formula is C15H23NO3. The van der Waals surface area contributed by atoms with Crippen LogP contribution in [-0.2, 0) is 15.9 Å². The van der Waals surface area contributed by atoms with E-state index in [1.807, 2.05) is 12.1 Å². The third kappa shape index (κ3) is 3.47. The summed E-state index contributed by atoms with van der Waals surface area (Å²) in [6, 6.07) is 6.06. The fourth-order valence-electron chi connectivity index (χ4n) is 2.54. The van der Waals surface area contributed by atoms with E-state index in [0.717, 1.165) is 37.2 Å². The first kappa shape index (κ1) is 14.3. The Kier molecular flexibility index (Phi) is 5.19. The van der Waals surface area contributed by atoms with Crippen LogP contribution in [-0.4, -0.2) is 33.5 Å². The van der Waals surface area contributed by atoms with E-state index in [2.05, 4.69) is 6.07 Å². The second-order valence-corrected chi connectivity index (χ2v) is 4.88. The molecule has 0 aromatic heterocycles. The number of hydrogen-bond acceptors (Lipinski definition) is 4. The lowest BCUT2D eigenvalue weighted by atomic mass is 9.86. The maximum absolute atomic E-state index is 6.32. The molecule has 0 bridgehead atoms. The Balaban J connectivity index is 1.99. The van der Waals surface area contributed by atoms with Crippen molar-refractivity contribution in [2.75, 3.05) is 27.4 Å². The van der Waals surface area contributed by atoms with Crippen LogP contribution in [0.1, 0.15) is 30.0 Å². The van der Waals surface area contributed by atoms with Crippen molar-refractivity contribution in [3.8, 4) is 5.75 Å². The molecule has 0 aliphatic heterocycles. The Morgan fingerprint density at radius 3 is 2.84 bits per heavy atom. The van der Waals surface area contributed by atoms with Crippen LogP contribution in [0, 0.1) is 0 Å². The van der Waals surface area contributed by atoms with Crippen LogP contribution < -0.4 is 10.5 Å². The average Bonchev–Trinajstić information content (AvgIpc) is 2.45. The third-order valence-electron chi connectivity index (χ3n) is 3.64. The number of fused-ring (bicyclic) bond motifs is 1. The molecule has 2 rings (SSSR count). The second-order valence-electron chi connectivity index (χ2n) is 4.88. The Labute approximate surface area is 114 Å². The minimum absolute atomic E-state index is 0.0682. The van der Waals surface area contributed by atoms with Crippen LogP contribution >= 0.6 is 0 Å². The molecule has 0 amide bonds. The first-order valence-corrected chi connectivity index (χ1v) is 6.79. The van der Waals surface area contributed by atoms with E-state index < -0.39 is 0 Å². The quantitative estimate of drug-likeness (QED) is 0.800. The molecular weight excluding hydrogens is 242 g/mol. The molecule has 0 saturated heterocycles. The molecule has 0 spiro atoms. The molecule has 1 aliphatic carbocycles. The van der Waals surface area contributed by atoms with Crippen molar-refractivity contribution in [1.29, 1.82) is 0 Å². The standard InChI is InChI=1S/C15H23NO3/c1-17-8-3-9-19-14-7-5-11-4-6-12(18-2)10-13(11)15(14)16/h4,6,10,14-15H,3,5,7-9,16H2,1-2H3. The monoisotopic (exact) mass is 265 g/mol. The van der Waals surface area contributed by atoms with Gasteiger partial charge in [0.1, 0.15) is 5.75 Å². The van der Waals surface area contributed by atoms with Crippen molar-refractivity contribution in [1.82, 2.24) is 0 Å². The minimum Gasteiger partial charge on any atom is -0.497 e. The van der Waals surface area contributed by atoms with E-state index in [-0.39, 0.29) is 12.1 Å². The van der Waals surface area contributed by atoms with Crippen LogP contribution in [0.15, 0.2) is 18.2 Å². The molecule has 2 unspecified atom stereocenters. The van der Waals surface area contributed by atoms with E-state index >= 15 is 0 Å². The van der Waals surface area contributed by atoms with E-state index in [9.17, 15) is 0 Å². The number of methoxy groups -OCH3 is 2. The van der Waals surface area contributed by atoms with E-state index in [1.54, 1.807) is 14.2 Å². The predicted molar refractivity (Wildman–Crippen MR) is 74.5 cm³/mol. The van der Waals surface area contributed by atoms with E-state index in [0.29, 0.717) is 6.61 Å². The highest BCUT2D eigenvalue weighted by Gasteiger charge is 2.27. The van der Waals surface area contributed by atoms with Gasteiger partial charge >= 0.3 is 0 Å². The fraction of sp³-hybridized carbons (Fsp3) is 0.600. The van der Waals surface area contributed by atoms with Gasteiger partial charge in [-0.05, 0) is 42.5 Å². The summed E-state index contributed by atoms with van der Waals surface area (Å²) in [5, 5.41) is 0. The first-order chi connectivity index (χ1) is 9.26. The van der Waals surface area contributed by atoms with Crippen molar-refractivity contribution < 1.29 is 14.2 Å². The highest BCUT2D eigenvalue weighted by molar-refractivity contribution is 5.39. The zero-order chi connectivity index (χ0) is 13.7. The van der Waals surface area contributed by atoms with Gasteiger partial charge in [-0.15, -0.1) is 0 Å². The van der Waals surface area contributed by atoms with Crippen molar-refractivity contribution in [2.24, 2.45) is 5.73 Å². The second kappa shape index (κ2) is 6.89. The van der Waals surface area contributed by atoms with Gasteiger partial charge < -0.3 is 19.9 Å². The van der Waals surface area contributed by atoms with Gasteiger partial charge in [0.2, 0.25) is 0 Å². The summed E-state index contributed by atoms with van der Waals surface area (Å²) in [7, 11) is 3.38. The first-order valence-electron chi connectivity index (χ1n) is 6.79. The molecule has 1 aromatic carbocycles. The maximum atomic E-state index is 6.32. The lowest BCUT2D eigenvalue weighted by molar-refractivity contribution is 0.0151. The lowest BCUT2D eigenvalue weighted by Crippen LogP contribution is -2.34. The number of benzene rings is 1. The number of rotatable bonds is 6. The average molecular weight is 265 g/mol. The van der Waals surface area contributed by atoms with Crippen molar-refractivity contribution in [2.45, 2.75) is 31.4 Å². The van der Waals surface area contributed by atoms with Crippen LogP contribution in [0.2, 0.25) is 0 Å². The predicted octanol–water partition coefficient (Wildman–Crippen LogP) is 2.06. The zero-order valence-electron chi connectivity index (χ0n) is 11.7. The molecule has 0 radical (unpaired) electrons. The number of hydrogen-bond donors (Lipinski definition) is 1. The van der Waals surface area contributed by atoms with Gasteiger partial charge in [0.15, 0.2) is 0 Å². The summed E-state index contributed by atoms with van der Waals surface area (Å²) in [4.78, 5) is 0. The molecule has 106 valence electrons. The van der Waals surface area contributed by atoms with Gasteiger partial charge in [-0.2, -0.15) is 0 Å². The van der Waals surface area contributed by atoms with Gasteiger partial charge in [-0.25, -0.2) is 0 Å². The Hall–Kier alpha value is -1.10. The molecule has 0 heterocycles. The Bertz CT molecular complexity index is 408.